The van der Waals surface area contributed by atoms with Crippen molar-refractivity contribution in [3.05, 3.63) is 0 Å². The average Bonchev–Trinajstić information content (AvgIpc) is 2.65. The van der Waals surface area contributed by atoms with Gasteiger partial charge in [-0.15, -0.1) is 0 Å². The van der Waals surface area contributed by atoms with Crippen LogP contribution in [0.1, 0.15) is 64.2 Å². The lowest BCUT2D eigenvalue weighted by Gasteiger charge is -2.42. The summed E-state index contributed by atoms with van der Waals surface area (Å²) in [6, 6.07) is 0. The number of rotatable bonds is 6. The Bertz CT molecular complexity index is 278. The molecular formula is C16H29NO2. The molecule has 0 bridgehead atoms. The summed E-state index contributed by atoms with van der Waals surface area (Å²) >= 11 is 0. The average molecular weight is 267 g/mol. The maximum absolute atomic E-state index is 12.3. The summed E-state index contributed by atoms with van der Waals surface area (Å²) in [4.78, 5) is 12.3. The van der Waals surface area contributed by atoms with Gasteiger partial charge in [0.1, 0.15) is 0 Å². The van der Waals surface area contributed by atoms with E-state index in [2.05, 4.69) is 5.32 Å². The van der Waals surface area contributed by atoms with Crippen LogP contribution in [0.5, 0.6) is 0 Å². The summed E-state index contributed by atoms with van der Waals surface area (Å²) in [5.74, 6) is 0.590. The van der Waals surface area contributed by atoms with Crippen LogP contribution in [0.4, 0.5) is 0 Å². The Hall–Kier alpha value is -0.570. The Kier molecular flexibility index (Phi) is 5.68. The second-order valence-electron chi connectivity index (χ2n) is 6.50. The first kappa shape index (κ1) is 14.8. The Balaban J connectivity index is 1.75. The van der Waals surface area contributed by atoms with Crippen molar-refractivity contribution >= 4 is 5.91 Å². The van der Waals surface area contributed by atoms with E-state index >= 15 is 0 Å². The molecule has 110 valence electrons. The zero-order chi connectivity index (χ0) is 13.6. The van der Waals surface area contributed by atoms with Gasteiger partial charge < -0.3 is 10.1 Å². The van der Waals surface area contributed by atoms with E-state index in [-0.39, 0.29) is 5.92 Å². The highest BCUT2D eigenvalue weighted by atomic mass is 16.5. The minimum absolute atomic E-state index is 0.280. The Morgan fingerprint density at radius 1 is 1.16 bits per heavy atom. The number of nitrogens with one attached hydrogen (secondary N) is 1. The third kappa shape index (κ3) is 4.20. The first-order valence-corrected chi connectivity index (χ1v) is 8.02. The van der Waals surface area contributed by atoms with E-state index < -0.39 is 0 Å². The molecule has 0 spiro atoms. The molecule has 0 heterocycles. The second kappa shape index (κ2) is 7.28. The summed E-state index contributed by atoms with van der Waals surface area (Å²) in [5.41, 5.74) is 0.344. The summed E-state index contributed by atoms with van der Waals surface area (Å²) < 4.78 is 5.20. The van der Waals surface area contributed by atoms with Crippen LogP contribution >= 0.6 is 0 Å². The van der Waals surface area contributed by atoms with Gasteiger partial charge in [0, 0.05) is 26.2 Å². The molecular weight excluding hydrogens is 238 g/mol. The van der Waals surface area contributed by atoms with E-state index in [1.165, 1.54) is 44.9 Å². The summed E-state index contributed by atoms with van der Waals surface area (Å²) in [7, 11) is 1.76. The molecule has 3 nitrogen and oxygen atoms in total. The van der Waals surface area contributed by atoms with Gasteiger partial charge in [-0.25, -0.2) is 0 Å². The van der Waals surface area contributed by atoms with Crippen molar-refractivity contribution in [2.24, 2.45) is 11.3 Å². The zero-order valence-corrected chi connectivity index (χ0v) is 12.4. The Morgan fingerprint density at radius 2 is 1.84 bits per heavy atom. The number of carbonyl (C=O) groups is 1. The normalized spacial score (nSPS) is 23.4. The minimum Gasteiger partial charge on any atom is -0.385 e. The fourth-order valence-corrected chi connectivity index (χ4v) is 3.47. The zero-order valence-electron chi connectivity index (χ0n) is 12.4. The SMILES string of the molecule is COCCC1(CNC(=O)C2CCCCCC2)CCC1. The van der Waals surface area contributed by atoms with Gasteiger partial charge in [0.15, 0.2) is 0 Å². The Morgan fingerprint density at radius 3 is 2.37 bits per heavy atom. The van der Waals surface area contributed by atoms with Crippen LogP contribution in [0.2, 0.25) is 0 Å². The monoisotopic (exact) mass is 267 g/mol. The summed E-state index contributed by atoms with van der Waals surface area (Å²) in [5, 5.41) is 3.24. The molecule has 2 saturated carbocycles. The molecule has 0 radical (unpaired) electrons. The van der Waals surface area contributed by atoms with E-state index in [0.29, 0.717) is 11.3 Å². The largest absolute Gasteiger partial charge is 0.385 e. The van der Waals surface area contributed by atoms with Crippen LogP contribution < -0.4 is 5.32 Å². The molecule has 2 aliphatic rings. The first-order chi connectivity index (χ1) is 9.26. The lowest BCUT2D eigenvalue weighted by molar-refractivity contribution is -0.126. The van der Waals surface area contributed by atoms with Crippen molar-refractivity contribution in [3.63, 3.8) is 0 Å². The predicted molar refractivity (Wildman–Crippen MR) is 77.0 cm³/mol. The van der Waals surface area contributed by atoms with Gasteiger partial charge in [0.05, 0.1) is 0 Å². The van der Waals surface area contributed by atoms with Gasteiger partial charge >= 0.3 is 0 Å². The molecule has 2 rings (SSSR count). The second-order valence-corrected chi connectivity index (χ2v) is 6.50. The highest BCUT2D eigenvalue weighted by Crippen LogP contribution is 2.43. The van der Waals surface area contributed by atoms with Crippen molar-refractivity contribution < 1.29 is 9.53 Å². The minimum atomic E-state index is 0.280. The molecule has 1 N–H and O–H groups in total. The van der Waals surface area contributed by atoms with Gasteiger partial charge in [0.25, 0.3) is 0 Å². The van der Waals surface area contributed by atoms with Crippen LogP contribution in [-0.4, -0.2) is 26.2 Å². The van der Waals surface area contributed by atoms with E-state index in [1.54, 1.807) is 7.11 Å². The van der Waals surface area contributed by atoms with E-state index in [4.69, 9.17) is 4.74 Å². The van der Waals surface area contributed by atoms with Crippen molar-refractivity contribution in [1.29, 1.82) is 0 Å². The molecule has 2 fully saturated rings. The molecule has 0 aromatic carbocycles. The number of methoxy groups -OCH3 is 1. The topological polar surface area (TPSA) is 38.3 Å². The fourth-order valence-electron chi connectivity index (χ4n) is 3.47. The maximum atomic E-state index is 12.3. The molecule has 1 amide bonds. The molecule has 2 aliphatic carbocycles. The van der Waals surface area contributed by atoms with Gasteiger partial charge in [0.2, 0.25) is 5.91 Å². The maximum Gasteiger partial charge on any atom is 0.223 e. The highest BCUT2D eigenvalue weighted by Gasteiger charge is 2.37. The van der Waals surface area contributed by atoms with Gasteiger partial charge in [-0.05, 0) is 37.5 Å². The highest BCUT2D eigenvalue weighted by molar-refractivity contribution is 5.78. The van der Waals surface area contributed by atoms with Crippen LogP contribution in [0.15, 0.2) is 0 Å². The van der Waals surface area contributed by atoms with Gasteiger partial charge in [-0.1, -0.05) is 32.1 Å². The third-order valence-electron chi connectivity index (χ3n) is 5.11. The van der Waals surface area contributed by atoms with E-state index in [0.717, 1.165) is 32.4 Å². The molecule has 0 saturated heterocycles. The van der Waals surface area contributed by atoms with Crippen LogP contribution in [0, 0.1) is 11.3 Å². The van der Waals surface area contributed by atoms with Gasteiger partial charge in [-0.2, -0.15) is 0 Å². The van der Waals surface area contributed by atoms with Gasteiger partial charge in [-0.3, -0.25) is 4.79 Å². The number of ether oxygens (including phenoxy) is 1. The number of amides is 1. The molecule has 19 heavy (non-hydrogen) atoms. The van der Waals surface area contributed by atoms with Crippen molar-refractivity contribution in [2.75, 3.05) is 20.3 Å². The first-order valence-electron chi connectivity index (χ1n) is 8.02. The predicted octanol–water partition coefficient (Wildman–Crippen LogP) is 3.28. The lowest BCUT2D eigenvalue weighted by Crippen LogP contribution is -2.44. The third-order valence-corrected chi connectivity index (χ3v) is 5.11. The van der Waals surface area contributed by atoms with E-state index in [1.807, 2.05) is 0 Å². The van der Waals surface area contributed by atoms with Crippen molar-refractivity contribution in [3.8, 4) is 0 Å². The van der Waals surface area contributed by atoms with E-state index in [9.17, 15) is 4.79 Å². The Labute approximate surface area is 117 Å². The van der Waals surface area contributed by atoms with Crippen molar-refractivity contribution in [2.45, 2.75) is 64.2 Å². The van der Waals surface area contributed by atoms with Crippen LogP contribution in [0.3, 0.4) is 0 Å². The fraction of sp³-hybridized carbons (Fsp3) is 0.938. The molecule has 3 heteroatoms. The smallest absolute Gasteiger partial charge is 0.223 e. The molecule has 0 unspecified atom stereocenters. The molecule has 0 aromatic rings. The quantitative estimate of drug-likeness (QED) is 0.750. The summed E-state index contributed by atoms with van der Waals surface area (Å²) in [6.45, 7) is 1.69. The summed E-state index contributed by atoms with van der Waals surface area (Å²) in [6.07, 6.45) is 12.2. The molecule has 0 aromatic heterocycles. The number of carbonyl (C=O) groups excluding carboxylic acids is 1. The lowest BCUT2D eigenvalue weighted by atomic mass is 9.66. The van der Waals surface area contributed by atoms with Crippen LogP contribution in [-0.2, 0) is 9.53 Å². The number of hydrogen-bond donors (Lipinski definition) is 1. The molecule has 0 atom stereocenters. The van der Waals surface area contributed by atoms with Crippen molar-refractivity contribution in [1.82, 2.24) is 5.32 Å². The standard InChI is InChI=1S/C16H29NO2/c1-19-12-11-16(9-6-10-16)13-17-15(18)14-7-4-2-3-5-8-14/h14H,2-13H2,1H3,(H,17,18). The molecule has 0 aliphatic heterocycles. The number of hydrogen-bond acceptors (Lipinski definition) is 2. The van der Waals surface area contributed by atoms with Crippen LogP contribution in [0.25, 0.3) is 0 Å².